The standard InChI is InChI=1S/C27H24N10O9S3/c1-10-4-16(37-27(29-10)32-20(33-37)22(41)34-45)47-7-12-8-48-24-18(23(42)36(24)19(12)25(43)44)31-21(40)17(13-9-49-26(28)30-13)35-46-6-11-2-3-14(38)15(39)5-11/h2-5,9,18,24,38-39,45H,6-8H2,1H3,(H2,28,30)(H,31,40)(H,34,41)(H,43,44)/t18-,24-/m1/s1. The maximum Gasteiger partial charge on any atom is 0.352 e. The largest absolute Gasteiger partial charge is 0.504 e. The number of nitrogens with one attached hydrogen (secondary N) is 2. The highest BCUT2D eigenvalue weighted by atomic mass is 32.2. The van der Waals surface area contributed by atoms with Crippen LogP contribution in [0.4, 0.5) is 5.13 Å². The average Bonchev–Trinajstić information content (AvgIpc) is 3.71. The van der Waals surface area contributed by atoms with Crippen molar-refractivity contribution in [1.82, 2.24) is 40.3 Å². The van der Waals surface area contributed by atoms with Crippen molar-refractivity contribution >= 4 is 75.2 Å². The van der Waals surface area contributed by atoms with Crippen LogP contribution in [0.1, 0.15) is 27.6 Å². The number of carbonyl (C=O) groups is 4. The number of aromatic nitrogens is 5. The molecule has 8 N–H and O–H groups in total. The van der Waals surface area contributed by atoms with E-state index >= 15 is 0 Å². The number of anilines is 1. The van der Waals surface area contributed by atoms with Crippen LogP contribution < -0.4 is 16.5 Å². The minimum atomic E-state index is -1.33. The van der Waals surface area contributed by atoms with Gasteiger partial charge in [-0.05, 0) is 36.3 Å². The van der Waals surface area contributed by atoms with Crippen molar-refractivity contribution in [3.63, 3.8) is 0 Å². The summed E-state index contributed by atoms with van der Waals surface area (Å²) in [5.41, 5.74) is 8.21. The number of hydrogen-bond donors (Lipinski definition) is 7. The fourth-order valence-electron chi connectivity index (χ4n) is 4.80. The van der Waals surface area contributed by atoms with Gasteiger partial charge in [0.2, 0.25) is 5.82 Å². The zero-order valence-electron chi connectivity index (χ0n) is 24.9. The lowest BCUT2D eigenvalue weighted by Crippen LogP contribution is -2.71. The molecule has 4 aromatic rings. The second kappa shape index (κ2) is 13.6. The van der Waals surface area contributed by atoms with Gasteiger partial charge in [0.1, 0.15) is 34.4 Å². The molecule has 3 aromatic heterocycles. The van der Waals surface area contributed by atoms with E-state index in [2.05, 4.69) is 30.5 Å². The van der Waals surface area contributed by atoms with Gasteiger partial charge in [0, 0.05) is 22.6 Å². The van der Waals surface area contributed by atoms with Gasteiger partial charge in [-0.1, -0.05) is 11.2 Å². The Morgan fingerprint density at radius 3 is 2.67 bits per heavy atom. The molecule has 1 saturated heterocycles. The summed E-state index contributed by atoms with van der Waals surface area (Å²) < 4.78 is 1.29. The molecular formula is C27H24N10O9S3. The number of rotatable bonds is 11. The summed E-state index contributed by atoms with van der Waals surface area (Å²) in [4.78, 5) is 69.8. The van der Waals surface area contributed by atoms with Crippen LogP contribution >= 0.6 is 34.9 Å². The Bertz CT molecular complexity index is 2080. The van der Waals surface area contributed by atoms with Crippen LogP contribution in [0, 0.1) is 6.92 Å². The molecule has 0 unspecified atom stereocenters. The Balaban J connectivity index is 1.18. The van der Waals surface area contributed by atoms with Crippen LogP contribution in [0.15, 0.2) is 51.1 Å². The number of carboxylic acids is 1. The fourth-order valence-corrected chi connectivity index (χ4v) is 7.88. The van der Waals surface area contributed by atoms with Crippen molar-refractivity contribution in [1.29, 1.82) is 0 Å². The van der Waals surface area contributed by atoms with E-state index in [1.165, 1.54) is 57.1 Å². The number of aryl methyl sites for hydroxylation is 1. The van der Waals surface area contributed by atoms with E-state index in [0.717, 1.165) is 16.2 Å². The summed E-state index contributed by atoms with van der Waals surface area (Å²) in [7, 11) is 0. The van der Waals surface area contributed by atoms with Crippen LogP contribution in [0.5, 0.6) is 11.5 Å². The van der Waals surface area contributed by atoms with Gasteiger partial charge in [-0.3, -0.25) is 24.5 Å². The molecule has 0 saturated carbocycles. The minimum Gasteiger partial charge on any atom is -0.504 e. The average molecular weight is 729 g/mol. The first-order valence-electron chi connectivity index (χ1n) is 13.9. The second-order valence-corrected chi connectivity index (χ2v) is 13.3. The van der Waals surface area contributed by atoms with Gasteiger partial charge < -0.3 is 31.2 Å². The number of benzene rings is 1. The second-order valence-electron chi connectivity index (χ2n) is 10.3. The Labute approximate surface area is 286 Å². The molecule has 2 atom stereocenters. The summed E-state index contributed by atoms with van der Waals surface area (Å²) in [5.74, 6) is -4.31. The number of thioether (sulfide) groups is 2. The first-order valence-corrected chi connectivity index (χ1v) is 16.8. The number of hydroxylamine groups is 1. The molecule has 2 aliphatic rings. The van der Waals surface area contributed by atoms with Gasteiger partial charge in [-0.25, -0.2) is 20.2 Å². The van der Waals surface area contributed by atoms with Gasteiger partial charge in [0.25, 0.3) is 17.6 Å². The van der Waals surface area contributed by atoms with Gasteiger partial charge in [-0.15, -0.1) is 40.0 Å². The highest BCUT2D eigenvalue weighted by molar-refractivity contribution is 8.01. The lowest BCUT2D eigenvalue weighted by atomic mass is 10.0. The lowest BCUT2D eigenvalue weighted by molar-refractivity contribution is -0.150. The molecule has 0 spiro atoms. The number of carbonyl (C=O) groups excluding carboxylic acids is 3. The molecule has 3 amide bonds. The van der Waals surface area contributed by atoms with Crippen molar-refractivity contribution in [2.75, 3.05) is 17.2 Å². The fraction of sp³-hybridized carbons (Fsp3) is 0.222. The highest BCUT2D eigenvalue weighted by Gasteiger charge is 2.54. The van der Waals surface area contributed by atoms with E-state index in [-0.39, 0.29) is 63.4 Å². The third-order valence-corrected chi connectivity index (χ3v) is 10.1. The third kappa shape index (κ3) is 6.65. The Kier molecular flexibility index (Phi) is 9.27. The van der Waals surface area contributed by atoms with Gasteiger partial charge in [-0.2, -0.15) is 9.50 Å². The summed E-state index contributed by atoms with van der Waals surface area (Å²) >= 11 is 3.49. The molecule has 5 heterocycles. The highest BCUT2D eigenvalue weighted by Crippen LogP contribution is 2.41. The molecule has 1 fully saturated rings. The molecular weight excluding hydrogens is 705 g/mol. The minimum absolute atomic E-state index is 0.0795. The van der Waals surface area contributed by atoms with Crippen LogP contribution in [0.25, 0.3) is 5.78 Å². The number of nitrogens with zero attached hydrogens (tertiary/aromatic N) is 7. The normalized spacial score (nSPS) is 17.5. The summed E-state index contributed by atoms with van der Waals surface area (Å²) in [6, 6.07) is 4.58. The zero-order valence-corrected chi connectivity index (χ0v) is 27.4. The SMILES string of the molecule is Cc1cc(SCC2=C(C(=O)O)N3C(=O)[C@@H](NC(=O)C(=NOCc4ccc(O)c(O)c4)c4csc(N)n4)[C@H]3SC2)n2nc(C(=O)NO)nc2n1. The smallest absolute Gasteiger partial charge is 0.352 e. The lowest BCUT2D eigenvalue weighted by Gasteiger charge is -2.49. The number of phenolic OH excluding ortho intramolecular Hbond substituents is 2. The van der Waals surface area contributed by atoms with Crippen molar-refractivity contribution in [2.45, 2.75) is 30.0 Å². The van der Waals surface area contributed by atoms with Crippen LogP contribution in [0.3, 0.4) is 0 Å². The van der Waals surface area contributed by atoms with E-state index in [0.29, 0.717) is 21.9 Å². The van der Waals surface area contributed by atoms with Crippen molar-refractivity contribution < 1.29 is 44.5 Å². The Morgan fingerprint density at radius 2 is 1.98 bits per heavy atom. The number of oxime groups is 1. The zero-order chi connectivity index (χ0) is 35.0. The van der Waals surface area contributed by atoms with Crippen molar-refractivity contribution in [2.24, 2.45) is 5.16 Å². The van der Waals surface area contributed by atoms with Crippen molar-refractivity contribution in [3.05, 3.63) is 63.7 Å². The maximum absolute atomic E-state index is 13.4. The summed E-state index contributed by atoms with van der Waals surface area (Å²) in [6.45, 7) is 1.51. The number of fused-ring (bicyclic) bond motifs is 2. The van der Waals surface area contributed by atoms with Crippen molar-refractivity contribution in [3.8, 4) is 11.5 Å². The number of nitrogens with two attached hydrogens (primary N) is 1. The van der Waals surface area contributed by atoms with E-state index in [9.17, 15) is 34.5 Å². The molecule has 0 bridgehead atoms. The molecule has 6 rings (SSSR count). The molecule has 0 radical (unpaired) electrons. The molecule has 1 aromatic carbocycles. The van der Waals surface area contributed by atoms with Crippen LogP contribution in [-0.2, 0) is 25.8 Å². The van der Waals surface area contributed by atoms with E-state index < -0.39 is 35.1 Å². The number of aliphatic carboxylic acids is 1. The number of amides is 3. The first kappa shape index (κ1) is 33.5. The number of nitrogen functional groups attached to an aromatic ring is 1. The first-order chi connectivity index (χ1) is 23.4. The molecule has 0 aliphatic carbocycles. The number of thiazole rings is 1. The number of carboxylic acid groups (broad SMARTS) is 1. The monoisotopic (exact) mass is 728 g/mol. The topological polar surface area (TPSA) is 280 Å². The van der Waals surface area contributed by atoms with E-state index in [4.69, 9.17) is 15.8 Å². The summed E-state index contributed by atoms with van der Waals surface area (Å²) in [5, 5.41) is 50.3. The predicted molar refractivity (Wildman–Crippen MR) is 173 cm³/mol. The number of phenols is 2. The molecule has 49 heavy (non-hydrogen) atoms. The quantitative estimate of drug-likeness (QED) is 0.0210. The van der Waals surface area contributed by atoms with Crippen LogP contribution in [0.2, 0.25) is 0 Å². The molecule has 254 valence electrons. The maximum atomic E-state index is 13.4. The Morgan fingerprint density at radius 1 is 1.18 bits per heavy atom. The molecule has 19 nitrogen and oxygen atoms in total. The third-order valence-electron chi connectivity index (χ3n) is 7.05. The number of hydrogen-bond acceptors (Lipinski definition) is 17. The number of β-lactam (4-membered cyclic amide) rings is 1. The summed E-state index contributed by atoms with van der Waals surface area (Å²) in [6.07, 6.45) is 0. The van der Waals surface area contributed by atoms with Gasteiger partial charge >= 0.3 is 11.9 Å². The van der Waals surface area contributed by atoms with E-state index in [1.54, 1.807) is 13.0 Å². The predicted octanol–water partition coefficient (Wildman–Crippen LogP) is 0.453. The van der Waals surface area contributed by atoms with Gasteiger partial charge in [0.15, 0.2) is 22.3 Å². The Hall–Kier alpha value is -5.45. The molecule has 2 aliphatic heterocycles. The van der Waals surface area contributed by atoms with E-state index in [1.807, 2.05) is 0 Å². The van der Waals surface area contributed by atoms with Gasteiger partial charge in [0.05, 0.1) is 0 Å². The molecule has 22 heteroatoms. The van der Waals surface area contributed by atoms with Crippen LogP contribution in [-0.4, -0.2) is 102 Å². The number of aromatic hydroxyl groups is 2.